The van der Waals surface area contributed by atoms with Gasteiger partial charge in [-0.15, -0.1) is 0 Å². The summed E-state index contributed by atoms with van der Waals surface area (Å²) in [5, 5.41) is 19.5. The quantitative estimate of drug-likeness (QED) is 0.387. The topological polar surface area (TPSA) is 105 Å². The first-order chi connectivity index (χ1) is 18.9. The highest BCUT2D eigenvalue weighted by atomic mass is 35.5. The van der Waals surface area contributed by atoms with Crippen molar-refractivity contribution in [2.75, 3.05) is 9.91 Å². The zero-order valence-electron chi connectivity index (χ0n) is 21.2. The number of nitrogens with zero attached hydrogens (tertiary/aromatic N) is 5. The number of rotatable bonds is 8. The number of anilines is 2. The molecule has 2 heterocycles. The first-order valence-corrected chi connectivity index (χ1v) is 13.5. The summed E-state index contributed by atoms with van der Waals surface area (Å²) in [6.45, 7) is 0. The Morgan fingerprint density at radius 1 is 1.05 bits per heavy atom. The molecule has 0 radical (unpaired) electrons. The fraction of sp³-hybridized carbons (Fsp3) is 0.357. The van der Waals surface area contributed by atoms with Gasteiger partial charge in [0.1, 0.15) is 11.9 Å². The van der Waals surface area contributed by atoms with Crippen molar-refractivity contribution in [1.82, 2.24) is 20.5 Å². The molecule has 2 atom stereocenters. The maximum atomic E-state index is 14.5. The number of carbonyl (C=O) groups is 2. The summed E-state index contributed by atoms with van der Waals surface area (Å²) in [6.07, 6.45) is 6.90. The van der Waals surface area contributed by atoms with Gasteiger partial charge in [-0.3, -0.25) is 24.7 Å². The van der Waals surface area contributed by atoms with Crippen LogP contribution < -0.4 is 15.2 Å². The minimum Gasteiger partial charge on any atom is -0.766 e. The van der Waals surface area contributed by atoms with Gasteiger partial charge in [0.25, 0.3) is 0 Å². The largest absolute Gasteiger partial charge is 0.766 e. The number of carbonyl (C=O) groups excluding carboxylic acids is 2. The molecule has 1 saturated heterocycles. The van der Waals surface area contributed by atoms with E-state index in [1.54, 1.807) is 36.4 Å². The van der Waals surface area contributed by atoms with Gasteiger partial charge in [-0.05, 0) is 49.6 Å². The lowest BCUT2D eigenvalue weighted by Gasteiger charge is -2.50. The van der Waals surface area contributed by atoms with E-state index in [4.69, 9.17) is 11.6 Å². The summed E-state index contributed by atoms with van der Waals surface area (Å²) in [5.74, 6) is -1.27. The van der Waals surface area contributed by atoms with Crippen LogP contribution in [-0.4, -0.2) is 39.2 Å². The number of hydrogen-bond acceptors (Lipinski definition) is 7. The molecule has 2 fully saturated rings. The summed E-state index contributed by atoms with van der Waals surface area (Å²) in [7, 11) is 0. The predicted molar refractivity (Wildman–Crippen MR) is 146 cm³/mol. The molecule has 2 aromatic carbocycles. The molecule has 9 nitrogen and oxygen atoms in total. The zero-order chi connectivity index (χ0) is 27.4. The van der Waals surface area contributed by atoms with Gasteiger partial charge in [-0.25, -0.2) is 14.4 Å². The smallest absolute Gasteiger partial charge is 0.249 e. The molecule has 2 aliphatic rings. The van der Waals surface area contributed by atoms with Crippen LogP contribution >= 0.6 is 11.6 Å². The van der Waals surface area contributed by atoms with E-state index in [0.717, 1.165) is 32.1 Å². The molecule has 1 aliphatic heterocycles. The van der Waals surface area contributed by atoms with E-state index in [2.05, 4.69) is 15.3 Å². The maximum Gasteiger partial charge on any atom is 0.249 e. The lowest BCUT2D eigenvalue weighted by Crippen LogP contribution is -2.56. The summed E-state index contributed by atoms with van der Waals surface area (Å²) in [5.41, 5.74) is 0.520. The number of hydrazine groups is 1. The third-order valence-electron chi connectivity index (χ3n) is 7.14. The van der Waals surface area contributed by atoms with Crippen molar-refractivity contribution in [3.63, 3.8) is 0 Å². The lowest BCUT2D eigenvalue weighted by molar-refractivity contribution is -0.124. The van der Waals surface area contributed by atoms with Crippen LogP contribution in [0.3, 0.4) is 0 Å². The van der Waals surface area contributed by atoms with E-state index >= 15 is 0 Å². The first kappa shape index (κ1) is 27.0. The van der Waals surface area contributed by atoms with E-state index < -0.39 is 23.9 Å². The number of hydrogen-bond donors (Lipinski definition) is 1. The van der Waals surface area contributed by atoms with Gasteiger partial charge in [-0.2, -0.15) is 0 Å². The van der Waals surface area contributed by atoms with Gasteiger partial charge >= 0.3 is 0 Å². The zero-order valence-corrected chi connectivity index (χ0v) is 22.0. The van der Waals surface area contributed by atoms with Crippen LogP contribution in [0.15, 0.2) is 67.0 Å². The number of amides is 2. The fourth-order valence-corrected chi connectivity index (χ4v) is 5.52. The van der Waals surface area contributed by atoms with E-state index in [0.29, 0.717) is 10.7 Å². The molecule has 0 bridgehead atoms. The molecule has 39 heavy (non-hydrogen) atoms. The molecule has 0 spiro atoms. The Kier molecular flexibility index (Phi) is 8.35. The molecule has 204 valence electrons. The minimum atomic E-state index is -1.24. The SMILES string of the molecule is O=C(NC1CCCCC1)[C@@H](c1ccccc1Cl)N(c1cccc(F)c1)N([O-])[C@@H]1CCC(=O)N1c1ncccn1. The van der Waals surface area contributed by atoms with Gasteiger partial charge in [-0.1, -0.05) is 55.1 Å². The Morgan fingerprint density at radius 2 is 1.79 bits per heavy atom. The van der Waals surface area contributed by atoms with Crippen molar-refractivity contribution >= 4 is 35.1 Å². The Morgan fingerprint density at radius 3 is 2.51 bits per heavy atom. The van der Waals surface area contributed by atoms with Crippen molar-refractivity contribution in [2.24, 2.45) is 0 Å². The molecule has 3 aromatic rings. The predicted octanol–water partition coefficient (Wildman–Crippen LogP) is 5.13. The van der Waals surface area contributed by atoms with Gasteiger partial charge < -0.3 is 10.5 Å². The highest BCUT2D eigenvalue weighted by Crippen LogP contribution is 2.37. The van der Waals surface area contributed by atoms with Crippen LogP contribution in [0.25, 0.3) is 0 Å². The van der Waals surface area contributed by atoms with Crippen LogP contribution in [0.4, 0.5) is 16.0 Å². The van der Waals surface area contributed by atoms with E-state index in [1.165, 1.54) is 40.5 Å². The second kappa shape index (κ2) is 12.1. The van der Waals surface area contributed by atoms with Gasteiger partial charge in [0.05, 0.1) is 11.9 Å². The van der Waals surface area contributed by atoms with Gasteiger partial charge in [0.2, 0.25) is 17.8 Å². The second-order valence-electron chi connectivity index (χ2n) is 9.73. The highest BCUT2D eigenvalue weighted by Gasteiger charge is 2.40. The first-order valence-electron chi connectivity index (χ1n) is 13.1. The molecule has 11 heteroatoms. The molecule has 1 aromatic heterocycles. The van der Waals surface area contributed by atoms with E-state index in [1.807, 2.05) is 0 Å². The van der Waals surface area contributed by atoms with Gasteiger partial charge in [0, 0.05) is 35.4 Å². The monoisotopic (exact) mass is 551 g/mol. The van der Waals surface area contributed by atoms with Crippen molar-refractivity contribution < 1.29 is 14.0 Å². The maximum absolute atomic E-state index is 14.5. The normalized spacial score (nSPS) is 18.8. The Hall–Kier alpha value is -3.60. The molecule has 1 saturated carbocycles. The van der Waals surface area contributed by atoms with Gasteiger partial charge in [0.15, 0.2) is 0 Å². The molecule has 2 amide bonds. The van der Waals surface area contributed by atoms with Crippen molar-refractivity contribution in [3.8, 4) is 0 Å². The molecule has 5 rings (SSSR count). The number of halogens is 2. The Balaban J connectivity index is 1.60. The number of benzene rings is 2. The minimum absolute atomic E-state index is 0.0482. The molecule has 0 unspecified atom stereocenters. The molecule has 1 aliphatic carbocycles. The van der Waals surface area contributed by atoms with Crippen molar-refractivity contribution in [1.29, 1.82) is 0 Å². The average molecular weight is 552 g/mol. The van der Waals surface area contributed by atoms with E-state index in [9.17, 15) is 19.2 Å². The van der Waals surface area contributed by atoms with Crippen LogP contribution in [0.1, 0.15) is 56.6 Å². The third kappa shape index (κ3) is 5.88. The number of nitrogens with one attached hydrogen (secondary N) is 1. The lowest BCUT2D eigenvalue weighted by atomic mass is 9.94. The highest BCUT2D eigenvalue weighted by molar-refractivity contribution is 6.31. The Bertz CT molecular complexity index is 1310. The fourth-order valence-electron chi connectivity index (χ4n) is 5.28. The summed E-state index contributed by atoms with van der Waals surface area (Å²) >= 11 is 6.59. The van der Waals surface area contributed by atoms with Crippen LogP contribution in [0.5, 0.6) is 0 Å². The van der Waals surface area contributed by atoms with Crippen molar-refractivity contribution in [3.05, 3.63) is 88.6 Å². The van der Waals surface area contributed by atoms with Crippen LogP contribution in [-0.2, 0) is 9.59 Å². The van der Waals surface area contributed by atoms with Crippen LogP contribution in [0, 0.1) is 11.0 Å². The average Bonchev–Trinajstić information content (AvgIpc) is 3.34. The van der Waals surface area contributed by atoms with Crippen molar-refractivity contribution in [2.45, 2.75) is 63.2 Å². The number of aromatic nitrogens is 2. The second-order valence-corrected chi connectivity index (χ2v) is 10.1. The summed E-state index contributed by atoms with van der Waals surface area (Å²) < 4.78 is 14.5. The third-order valence-corrected chi connectivity index (χ3v) is 7.48. The molecule has 1 N–H and O–H groups in total. The standard InChI is InChI=1S/C28H29ClFN6O3/c29-23-13-5-4-12-22(23)26(27(38)33-20-9-2-1-3-10-20)35(21-11-6-8-19(30)18-21)36(39)24-14-15-25(37)34(24)28-31-16-7-17-32-28/h4-8,11-13,16-18,20,24,26H,1-3,9-10,14-15H2,(H,33,38)/q-1/t24-,26-/m1/s1. The Labute approximate surface area is 231 Å². The summed E-state index contributed by atoms with van der Waals surface area (Å²) in [6, 6.07) is 12.5. The summed E-state index contributed by atoms with van der Waals surface area (Å²) in [4.78, 5) is 36.5. The molecular formula is C28H29ClFN6O3-. The van der Waals surface area contributed by atoms with Crippen LogP contribution in [0.2, 0.25) is 5.02 Å². The number of hydroxylamine groups is 1. The molecular weight excluding hydrogens is 523 g/mol. The van der Waals surface area contributed by atoms with E-state index in [-0.39, 0.29) is 41.4 Å².